The summed E-state index contributed by atoms with van der Waals surface area (Å²) >= 11 is 0.128. The van der Waals surface area contributed by atoms with E-state index in [1.807, 2.05) is 0 Å². The first-order chi connectivity index (χ1) is 9.08. The molecular formula is C10H14N4O3SSe. The zero-order valence-electron chi connectivity index (χ0n) is 10.5. The van der Waals surface area contributed by atoms with Crippen molar-refractivity contribution in [2.45, 2.75) is 16.4 Å². The van der Waals surface area contributed by atoms with E-state index in [1.165, 1.54) is 22.4 Å². The Morgan fingerprint density at radius 1 is 1.58 bits per heavy atom. The molecule has 0 spiro atoms. The number of nitro groups is 1. The second-order valence-corrected chi connectivity index (χ2v) is 7.49. The topological polar surface area (TPSA) is 97.2 Å². The van der Waals surface area contributed by atoms with Gasteiger partial charge in [0, 0.05) is 0 Å². The molecule has 1 amide bonds. The maximum absolute atomic E-state index is 11.4. The SMILES string of the molecule is CNC(=O)[C@H](C[Se]Sc1ccc([N+](=O)[O-])cn1)NC. The van der Waals surface area contributed by atoms with Gasteiger partial charge in [-0.1, -0.05) is 0 Å². The first-order valence-electron chi connectivity index (χ1n) is 5.37. The van der Waals surface area contributed by atoms with Crippen molar-refractivity contribution >= 4 is 35.6 Å². The number of aromatic nitrogens is 1. The molecule has 0 bridgehead atoms. The van der Waals surface area contributed by atoms with Crippen LogP contribution >= 0.6 is 10.2 Å². The van der Waals surface area contributed by atoms with Crippen molar-refractivity contribution in [3.63, 3.8) is 0 Å². The van der Waals surface area contributed by atoms with Crippen molar-refractivity contribution in [1.29, 1.82) is 0 Å². The van der Waals surface area contributed by atoms with Crippen molar-refractivity contribution in [3.05, 3.63) is 28.4 Å². The molecule has 0 aliphatic carbocycles. The number of hydrogen-bond donors (Lipinski definition) is 2. The fourth-order valence-electron chi connectivity index (χ4n) is 1.16. The molecule has 2 N–H and O–H groups in total. The van der Waals surface area contributed by atoms with Crippen LogP contribution < -0.4 is 10.6 Å². The second-order valence-electron chi connectivity index (χ2n) is 3.44. The van der Waals surface area contributed by atoms with Crippen LogP contribution in [0.4, 0.5) is 5.69 Å². The maximum atomic E-state index is 11.4. The summed E-state index contributed by atoms with van der Waals surface area (Å²) in [6.07, 6.45) is 1.24. The molecule has 0 fully saturated rings. The molecule has 0 saturated carbocycles. The quantitative estimate of drug-likeness (QED) is 0.422. The van der Waals surface area contributed by atoms with Crippen LogP contribution in [0.5, 0.6) is 0 Å². The number of rotatable bonds is 7. The minimum atomic E-state index is -0.477. The van der Waals surface area contributed by atoms with E-state index in [0.29, 0.717) is 5.32 Å². The average molecular weight is 349 g/mol. The summed E-state index contributed by atoms with van der Waals surface area (Å²) in [5, 5.41) is 17.5. The number of carbonyl (C=O) groups excluding carboxylic acids is 1. The van der Waals surface area contributed by atoms with Gasteiger partial charge >= 0.3 is 120 Å². The van der Waals surface area contributed by atoms with Crippen LogP contribution in [0.2, 0.25) is 5.32 Å². The van der Waals surface area contributed by atoms with Crippen LogP contribution in [0.1, 0.15) is 0 Å². The van der Waals surface area contributed by atoms with Crippen molar-refractivity contribution in [2.75, 3.05) is 14.1 Å². The summed E-state index contributed by atoms with van der Waals surface area (Å²) < 4.78 is 0. The summed E-state index contributed by atoms with van der Waals surface area (Å²) in [6.45, 7) is 0. The van der Waals surface area contributed by atoms with Crippen LogP contribution in [0.25, 0.3) is 0 Å². The molecule has 0 aromatic carbocycles. The summed E-state index contributed by atoms with van der Waals surface area (Å²) in [6, 6.07) is 2.84. The molecule has 1 aromatic rings. The Kier molecular flexibility index (Phi) is 6.79. The number of hydrogen-bond acceptors (Lipinski definition) is 6. The monoisotopic (exact) mass is 350 g/mol. The number of amides is 1. The Bertz CT molecular complexity index is 443. The third-order valence-electron chi connectivity index (χ3n) is 2.22. The van der Waals surface area contributed by atoms with Crippen molar-refractivity contribution in [2.24, 2.45) is 0 Å². The number of likely N-dealkylation sites (N-methyl/N-ethyl adjacent to an activating group) is 2. The van der Waals surface area contributed by atoms with E-state index >= 15 is 0 Å². The fourth-order valence-corrected chi connectivity index (χ4v) is 5.03. The Labute approximate surface area is 120 Å². The van der Waals surface area contributed by atoms with Crippen LogP contribution in [-0.4, -0.2) is 49.8 Å². The molecule has 104 valence electrons. The van der Waals surface area contributed by atoms with Gasteiger partial charge in [-0.2, -0.15) is 0 Å². The van der Waals surface area contributed by atoms with Gasteiger partial charge in [-0.05, 0) is 0 Å². The Morgan fingerprint density at radius 2 is 2.32 bits per heavy atom. The van der Waals surface area contributed by atoms with E-state index in [2.05, 4.69) is 15.6 Å². The van der Waals surface area contributed by atoms with Crippen molar-refractivity contribution in [1.82, 2.24) is 15.6 Å². The van der Waals surface area contributed by atoms with Gasteiger partial charge in [-0.25, -0.2) is 0 Å². The van der Waals surface area contributed by atoms with Gasteiger partial charge in [0.2, 0.25) is 0 Å². The fraction of sp³-hybridized carbons (Fsp3) is 0.400. The number of nitrogens with zero attached hydrogens (tertiary/aromatic N) is 2. The Hall–Kier alpha value is -1.15. The molecule has 1 atom stereocenters. The van der Waals surface area contributed by atoms with E-state index in [1.54, 1.807) is 20.2 Å². The zero-order chi connectivity index (χ0) is 14.3. The summed E-state index contributed by atoms with van der Waals surface area (Å²) in [5.74, 6) is -0.0402. The number of pyridine rings is 1. The van der Waals surface area contributed by atoms with Gasteiger partial charge in [-0.15, -0.1) is 0 Å². The van der Waals surface area contributed by atoms with Crippen LogP contribution in [0.15, 0.2) is 23.4 Å². The van der Waals surface area contributed by atoms with Gasteiger partial charge in [0.1, 0.15) is 0 Å². The first-order valence-corrected chi connectivity index (χ1v) is 9.42. The molecule has 19 heavy (non-hydrogen) atoms. The van der Waals surface area contributed by atoms with Crippen molar-refractivity contribution in [3.8, 4) is 0 Å². The Balaban J connectivity index is 2.44. The van der Waals surface area contributed by atoms with Crippen LogP contribution in [0.3, 0.4) is 0 Å². The molecule has 0 radical (unpaired) electrons. The second kappa shape index (κ2) is 8.11. The third-order valence-corrected chi connectivity index (χ3v) is 6.26. The van der Waals surface area contributed by atoms with E-state index in [9.17, 15) is 14.9 Å². The average Bonchev–Trinajstić information content (AvgIpc) is 2.43. The summed E-state index contributed by atoms with van der Waals surface area (Å²) in [7, 11) is 4.86. The van der Waals surface area contributed by atoms with Crippen LogP contribution in [0, 0.1) is 10.1 Å². The molecule has 0 aliphatic heterocycles. The molecule has 1 aromatic heterocycles. The molecular weight excluding hydrogens is 335 g/mol. The van der Waals surface area contributed by atoms with E-state index in [-0.39, 0.29) is 31.5 Å². The molecule has 0 unspecified atom stereocenters. The molecule has 1 rings (SSSR count). The zero-order valence-corrected chi connectivity index (χ0v) is 13.0. The van der Waals surface area contributed by atoms with Gasteiger partial charge in [0.25, 0.3) is 0 Å². The molecule has 0 aliphatic rings. The van der Waals surface area contributed by atoms with E-state index < -0.39 is 4.92 Å². The van der Waals surface area contributed by atoms with E-state index in [4.69, 9.17) is 0 Å². The predicted octanol–water partition coefficient (Wildman–Crippen LogP) is 0.453. The van der Waals surface area contributed by atoms with E-state index in [0.717, 1.165) is 5.03 Å². The first kappa shape index (κ1) is 15.9. The number of nitrogens with one attached hydrogen (secondary N) is 2. The normalized spacial score (nSPS) is 11.9. The minimum absolute atomic E-state index is 0.0182. The molecule has 1 heterocycles. The molecule has 7 nitrogen and oxygen atoms in total. The summed E-state index contributed by atoms with van der Waals surface area (Å²) in [4.78, 5) is 25.4. The Morgan fingerprint density at radius 3 is 2.79 bits per heavy atom. The molecule has 0 saturated heterocycles. The van der Waals surface area contributed by atoms with Crippen LogP contribution in [-0.2, 0) is 4.79 Å². The standard InChI is InChI=1S/C10H14N4O3SSe/c1-11-8(10(15)12-2)6-19-18-9-4-3-7(5-13-9)14(16)17/h3-5,8,11H,6H2,1-2H3,(H,12,15)/t8-/m0/s1. The van der Waals surface area contributed by atoms with Gasteiger partial charge in [0.05, 0.1) is 0 Å². The third kappa shape index (κ3) is 5.15. The predicted molar refractivity (Wildman–Crippen MR) is 74.2 cm³/mol. The summed E-state index contributed by atoms with van der Waals surface area (Å²) in [5.41, 5.74) is -0.0182. The van der Waals surface area contributed by atoms with Gasteiger partial charge in [0.15, 0.2) is 0 Å². The van der Waals surface area contributed by atoms with Gasteiger partial charge in [-0.3, -0.25) is 0 Å². The van der Waals surface area contributed by atoms with Gasteiger partial charge < -0.3 is 0 Å². The molecule has 9 heteroatoms. The number of carbonyl (C=O) groups is 1. The van der Waals surface area contributed by atoms with Crippen molar-refractivity contribution < 1.29 is 9.72 Å².